The zero-order valence-electron chi connectivity index (χ0n) is 11.1. The lowest BCUT2D eigenvalue weighted by Gasteiger charge is -2.31. The van der Waals surface area contributed by atoms with E-state index in [1.54, 1.807) is 0 Å². The Bertz CT molecular complexity index is 388. The number of rotatable bonds is 6. The highest BCUT2D eigenvalue weighted by Crippen LogP contribution is 2.21. The van der Waals surface area contributed by atoms with E-state index in [0.29, 0.717) is 12.5 Å². The molecule has 0 bridgehead atoms. The molecule has 1 heterocycles. The quantitative estimate of drug-likeness (QED) is 0.856. The fourth-order valence-corrected chi connectivity index (χ4v) is 2.44. The molecule has 4 heteroatoms. The summed E-state index contributed by atoms with van der Waals surface area (Å²) in [6.45, 7) is 3.13. The van der Waals surface area contributed by atoms with Gasteiger partial charge in [0.2, 0.25) is 0 Å². The van der Waals surface area contributed by atoms with Crippen LogP contribution in [0.15, 0.2) is 30.3 Å². The predicted molar refractivity (Wildman–Crippen MR) is 74.5 cm³/mol. The van der Waals surface area contributed by atoms with Crippen molar-refractivity contribution in [2.75, 3.05) is 31.2 Å². The summed E-state index contributed by atoms with van der Waals surface area (Å²) in [6, 6.07) is 10.1. The molecule has 1 aromatic carbocycles. The molecule has 1 N–H and O–H groups in total. The van der Waals surface area contributed by atoms with Crippen LogP contribution in [0, 0.1) is 5.92 Å². The number of hydrogen-bond donors (Lipinski definition) is 1. The highest BCUT2D eigenvalue weighted by Gasteiger charge is 2.18. The molecule has 0 radical (unpaired) electrons. The van der Waals surface area contributed by atoms with Crippen LogP contribution in [0.1, 0.15) is 19.3 Å². The van der Waals surface area contributed by atoms with Crippen LogP contribution in [-0.4, -0.2) is 37.4 Å². The van der Waals surface area contributed by atoms with Gasteiger partial charge in [-0.1, -0.05) is 18.2 Å². The second-order valence-corrected chi connectivity index (χ2v) is 4.98. The first-order valence-electron chi connectivity index (χ1n) is 6.85. The molecule has 4 nitrogen and oxygen atoms in total. The molecular weight excluding hydrogens is 242 g/mol. The van der Waals surface area contributed by atoms with E-state index in [-0.39, 0.29) is 6.42 Å². The number of aliphatic carboxylic acids is 1. The van der Waals surface area contributed by atoms with Crippen molar-refractivity contribution in [2.45, 2.75) is 19.3 Å². The van der Waals surface area contributed by atoms with E-state index in [0.717, 1.165) is 38.3 Å². The maximum Gasteiger partial charge on any atom is 0.305 e. The molecule has 0 spiro atoms. The zero-order valence-corrected chi connectivity index (χ0v) is 11.1. The Morgan fingerprint density at radius 1 is 1.26 bits per heavy atom. The van der Waals surface area contributed by atoms with Gasteiger partial charge in [-0.15, -0.1) is 0 Å². The minimum Gasteiger partial charge on any atom is -0.481 e. The van der Waals surface area contributed by atoms with Crippen LogP contribution in [0.5, 0.6) is 0 Å². The summed E-state index contributed by atoms with van der Waals surface area (Å²) in [4.78, 5) is 13.0. The van der Waals surface area contributed by atoms with Crippen molar-refractivity contribution in [1.29, 1.82) is 0 Å². The number of para-hydroxylation sites is 1. The van der Waals surface area contributed by atoms with Crippen molar-refractivity contribution < 1.29 is 14.6 Å². The molecule has 1 saturated heterocycles. The molecule has 0 aromatic heterocycles. The normalized spacial score (nSPS) is 16.2. The van der Waals surface area contributed by atoms with Crippen molar-refractivity contribution in [3.8, 4) is 0 Å². The average molecular weight is 263 g/mol. The van der Waals surface area contributed by atoms with E-state index in [2.05, 4.69) is 4.90 Å². The fourth-order valence-electron chi connectivity index (χ4n) is 2.44. The molecule has 0 amide bonds. The van der Waals surface area contributed by atoms with Crippen LogP contribution in [0.3, 0.4) is 0 Å². The Morgan fingerprint density at radius 3 is 2.58 bits per heavy atom. The van der Waals surface area contributed by atoms with Crippen LogP contribution in [0.4, 0.5) is 5.69 Å². The van der Waals surface area contributed by atoms with Crippen LogP contribution in [-0.2, 0) is 9.53 Å². The maximum atomic E-state index is 10.8. The van der Waals surface area contributed by atoms with Gasteiger partial charge in [0, 0.05) is 32.0 Å². The topological polar surface area (TPSA) is 49.8 Å². The Kier molecular flexibility index (Phi) is 5.21. The number of benzene rings is 1. The van der Waals surface area contributed by atoms with Crippen molar-refractivity contribution in [3.05, 3.63) is 30.3 Å². The van der Waals surface area contributed by atoms with Gasteiger partial charge < -0.3 is 14.7 Å². The summed E-state index contributed by atoms with van der Waals surface area (Å²) >= 11 is 0. The first-order valence-corrected chi connectivity index (χ1v) is 6.85. The lowest BCUT2D eigenvalue weighted by atomic mass is 9.99. The van der Waals surface area contributed by atoms with E-state index in [1.165, 1.54) is 0 Å². The van der Waals surface area contributed by atoms with Crippen molar-refractivity contribution >= 4 is 11.7 Å². The summed E-state index contributed by atoms with van der Waals surface area (Å²) in [7, 11) is 0. The highest BCUT2D eigenvalue weighted by atomic mass is 16.5. The van der Waals surface area contributed by atoms with Gasteiger partial charge in [-0.25, -0.2) is 0 Å². The van der Waals surface area contributed by atoms with Gasteiger partial charge in [0.05, 0.1) is 6.42 Å². The number of anilines is 1. The maximum absolute atomic E-state index is 10.8. The Morgan fingerprint density at radius 2 is 1.95 bits per heavy atom. The molecule has 1 aliphatic heterocycles. The summed E-state index contributed by atoms with van der Waals surface area (Å²) in [5.74, 6) is -0.143. The SMILES string of the molecule is O=C(O)CCN(CC1CCOCC1)c1ccccc1. The molecular formula is C15H21NO3. The molecule has 0 saturated carbocycles. The molecule has 1 aliphatic rings. The average Bonchev–Trinajstić information content (AvgIpc) is 2.45. The van der Waals surface area contributed by atoms with Gasteiger partial charge in [0.25, 0.3) is 0 Å². The van der Waals surface area contributed by atoms with Crippen molar-refractivity contribution in [1.82, 2.24) is 0 Å². The molecule has 0 unspecified atom stereocenters. The van der Waals surface area contributed by atoms with Crippen LogP contribution in [0.2, 0.25) is 0 Å². The van der Waals surface area contributed by atoms with Crippen molar-refractivity contribution in [2.24, 2.45) is 5.92 Å². The van der Waals surface area contributed by atoms with Gasteiger partial charge >= 0.3 is 5.97 Å². The minimum absolute atomic E-state index is 0.179. The second-order valence-electron chi connectivity index (χ2n) is 4.98. The fraction of sp³-hybridized carbons (Fsp3) is 0.533. The van der Waals surface area contributed by atoms with Gasteiger partial charge in [-0.3, -0.25) is 4.79 Å². The standard InChI is InChI=1S/C15H21NO3/c17-15(18)6-9-16(14-4-2-1-3-5-14)12-13-7-10-19-11-8-13/h1-5,13H,6-12H2,(H,17,18). The number of carbonyl (C=O) groups is 1. The highest BCUT2D eigenvalue weighted by molar-refractivity contribution is 5.67. The Balaban J connectivity index is 1.98. The number of ether oxygens (including phenoxy) is 1. The predicted octanol–water partition coefficient (Wildman–Crippen LogP) is 2.39. The van der Waals surface area contributed by atoms with Crippen molar-refractivity contribution in [3.63, 3.8) is 0 Å². The number of carboxylic acids is 1. The summed E-state index contributed by atoms with van der Waals surface area (Å²) in [5, 5.41) is 8.87. The second kappa shape index (κ2) is 7.14. The molecule has 2 rings (SSSR count). The molecule has 104 valence electrons. The molecule has 1 aromatic rings. The molecule has 19 heavy (non-hydrogen) atoms. The van der Waals surface area contributed by atoms with E-state index < -0.39 is 5.97 Å². The Hall–Kier alpha value is -1.55. The van der Waals surface area contributed by atoms with E-state index in [4.69, 9.17) is 9.84 Å². The molecule has 0 atom stereocenters. The number of carboxylic acid groups (broad SMARTS) is 1. The third kappa shape index (κ3) is 4.56. The third-order valence-electron chi connectivity index (χ3n) is 3.54. The molecule has 0 aliphatic carbocycles. The van der Waals surface area contributed by atoms with Gasteiger partial charge in [0.1, 0.15) is 0 Å². The number of nitrogens with zero attached hydrogens (tertiary/aromatic N) is 1. The summed E-state index contributed by atoms with van der Waals surface area (Å²) in [6.07, 6.45) is 2.31. The zero-order chi connectivity index (χ0) is 13.5. The largest absolute Gasteiger partial charge is 0.481 e. The monoisotopic (exact) mass is 263 g/mol. The first kappa shape index (κ1) is 13.9. The van der Waals surface area contributed by atoms with Gasteiger partial charge in [-0.05, 0) is 30.9 Å². The summed E-state index contributed by atoms with van der Waals surface area (Å²) < 4.78 is 5.37. The van der Waals surface area contributed by atoms with E-state index in [9.17, 15) is 4.79 Å². The van der Waals surface area contributed by atoms with Gasteiger partial charge in [-0.2, -0.15) is 0 Å². The van der Waals surface area contributed by atoms with E-state index in [1.807, 2.05) is 30.3 Å². The Labute approximate surface area is 114 Å². The van der Waals surface area contributed by atoms with Gasteiger partial charge in [0.15, 0.2) is 0 Å². The van der Waals surface area contributed by atoms with Crippen LogP contribution in [0.25, 0.3) is 0 Å². The first-order chi connectivity index (χ1) is 9.25. The minimum atomic E-state index is -0.743. The lowest BCUT2D eigenvalue weighted by Crippen LogP contribution is -2.34. The molecule has 1 fully saturated rings. The third-order valence-corrected chi connectivity index (χ3v) is 3.54. The lowest BCUT2D eigenvalue weighted by molar-refractivity contribution is -0.136. The van der Waals surface area contributed by atoms with Crippen LogP contribution >= 0.6 is 0 Å². The van der Waals surface area contributed by atoms with E-state index >= 15 is 0 Å². The smallest absolute Gasteiger partial charge is 0.305 e. The number of hydrogen-bond acceptors (Lipinski definition) is 3. The van der Waals surface area contributed by atoms with Crippen LogP contribution < -0.4 is 4.90 Å². The summed E-state index contributed by atoms with van der Waals surface area (Å²) in [5.41, 5.74) is 1.11.